The zero-order valence-electron chi connectivity index (χ0n) is 10.0. The molecule has 0 aliphatic rings. The minimum atomic E-state index is -0.435. The summed E-state index contributed by atoms with van der Waals surface area (Å²) >= 11 is 3.27. The number of carbonyl (C=O) groups excluding carboxylic acids is 1. The van der Waals surface area contributed by atoms with Crippen molar-refractivity contribution in [2.45, 2.75) is 6.92 Å². The molecule has 19 heavy (non-hydrogen) atoms. The molecule has 1 heterocycles. The molecule has 1 aromatic heterocycles. The Balaban J connectivity index is 2.22. The molecule has 0 fully saturated rings. The molecule has 0 spiro atoms. The van der Waals surface area contributed by atoms with Crippen LogP contribution in [-0.2, 0) is 0 Å². The first-order chi connectivity index (χ1) is 8.95. The second kappa shape index (κ2) is 5.27. The lowest BCUT2D eigenvalue weighted by Crippen LogP contribution is -2.12. The van der Waals surface area contributed by atoms with Crippen LogP contribution >= 0.6 is 15.9 Å². The third-order valence-corrected chi connectivity index (χ3v) is 3.27. The molecule has 0 atom stereocenters. The van der Waals surface area contributed by atoms with Gasteiger partial charge in [0.2, 0.25) is 0 Å². The van der Waals surface area contributed by atoms with Crippen LogP contribution in [0.25, 0.3) is 0 Å². The standard InChI is InChI=1S/C13H11BrN2O3/c1-7-2-9(6-15-12(7)14)16-13(19)8-3-10(17)5-11(18)4-8/h2-6,17-18H,1H3,(H,16,19). The number of amides is 1. The number of pyridine rings is 1. The molecule has 98 valence electrons. The first-order valence-electron chi connectivity index (χ1n) is 5.42. The number of carbonyl (C=O) groups is 1. The van der Waals surface area contributed by atoms with Gasteiger partial charge in [0.25, 0.3) is 5.91 Å². The molecule has 0 aliphatic heterocycles. The van der Waals surface area contributed by atoms with Gasteiger partial charge in [0.1, 0.15) is 16.1 Å². The molecule has 1 amide bonds. The average molecular weight is 323 g/mol. The number of rotatable bonds is 2. The van der Waals surface area contributed by atoms with Crippen LogP contribution in [0.5, 0.6) is 11.5 Å². The second-order valence-electron chi connectivity index (χ2n) is 4.02. The van der Waals surface area contributed by atoms with Crippen molar-refractivity contribution in [3.8, 4) is 11.5 Å². The van der Waals surface area contributed by atoms with Gasteiger partial charge in [0.05, 0.1) is 11.9 Å². The van der Waals surface area contributed by atoms with Crippen molar-refractivity contribution in [1.82, 2.24) is 4.98 Å². The lowest BCUT2D eigenvalue weighted by atomic mass is 10.2. The summed E-state index contributed by atoms with van der Waals surface area (Å²) in [5.74, 6) is -0.778. The molecule has 5 nitrogen and oxygen atoms in total. The van der Waals surface area contributed by atoms with E-state index in [2.05, 4.69) is 26.2 Å². The van der Waals surface area contributed by atoms with Gasteiger partial charge in [0, 0.05) is 11.6 Å². The third-order valence-electron chi connectivity index (χ3n) is 2.44. The van der Waals surface area contributed by atoms with Crippen LogP contribution in [0.15, 0.2) is 35.1 Å². The number of phenols is 2. The number of halogens is 1. The minimum Gasteiger partial charge on any atom is -0.508 e. The number of benzene rings is 1. The van der Waals surface area contributed by atoms with Crippen molar-refractivity contribution in [3.63, 3.8) is 0 Å². The Morgan fingerprint density at radius 3 is 2.42 bits per heavy atom. The Morgan fingerprint density at radius 2 is 1.84 bits per heavy atom. The maximum Gasteiger partial charge on any atom is 0.255 e. The van der Waals surface area contributed by atoms with Gasteiger partial charge in [-0.05, 0) is 46.6 Å². The number of hydrogen-bond acceptors (Lipinski definition) is 4. The molecule has 2 rings (SSSR count). The van der Waals surface area contributed by atoms with E-state index in [-0.39, 0.29) is 17.1 Å². The van der Waals surface area contributed by atoms with Crippen LogP contribution in [0, 0.1) is 6.92 Å². The van der Waals surface area contributed by atoms with Gasteiger partial charge in [-0.25, -0.2) is 4.98 Å². The largest absolute Gasteiger partial charge is 0.508 e. The number of anilines is 1. The quantitative estimate of drug-likeness (QED) is 0.742. The summed E-state index contributed by atoms with van der Waals surface area (Å²) < 4.78 is 0.709. The van der Waals surface area contributed by atoms with Crippen molar-refractivity contribution in [3.05, 3.63) is 46.2 Å². The maximum absolute atomic E-state index is 11.9. The molecule has 0 saturated heterocycles. The van der Waals surface area contributed by atoms with Gasteiger partial charge in [-0.15, -0.1) is 0 Å². The third kappa shape index (κ3) is 3.23. The maximum atomic E-state index is 11.9. The fourth-order valence-corrected chi connectivity index (χ4v) is 1.77. The fourth-order valence-electron chi connectivity index (χ4n) is 1.56. The second-order valence-corrected chi connectivity index (χ2v) is 4.78. The normalized spacial score (nSPS) is 10.2. The lowest BCUT2D eigenvalue weighted by Gasteiger charge is -2.07. The summed E-state index contributed by atoms with van der Waals surface area (Å²) in [6, 6.07) is 5.46. The van der Waals surface area contributed by atoms with E-state index in [9.17, 15) is 15.0 Å². The summed E-state index contributed by atoms with van der Waals surface area (Å²) in [6.45, 7) is 1.85. The Hall–Kier alpha value is -2.08. The number of aryl methyl sites for hydroxylation is 1. The number of phenolic OH excluding ortho intramolecular Hbond substituents is 2. The smallest absolute Gasteiger partial charge is 0.255 e. The van der Waals surface area contributed by atoms with Crippen molar-refractivity contribution in [2.75, 3.05) is 5.32 Å². The molecule has 0 aliphatic carbocycles. The first-order valence-corrected chi connectivity index (χ1v) is 6.21. The van der Waals surface area contributed by atoms with E-state index < -0.39 is 5.91 Å². The molecule has 2 aromatic rings. The zero-order chi connectivity index (χ0) is 14.0. The molecular formula is C13H11BrN2O3. The van der Waals surface area contributed by atoms with E-state index in [1.54, 1.807) is 6.07 Å². The summed E-state index contributed by atoms with van der Waals surface area (Å²) in [5.41, 5.74) is 1.59. The molecule has 0 saturated carbocycles. The van der Waals surface area contributed by atoms with Crippen molar-refractivity contribution in [2.24, 2.45) is 0 Å². The van der Waals surface area contributed by atoms with E-state index in [0.29, 0.717) is 10.3 Å². The molecule has 3 N–H and O–H groups in total. The first kappa shape index (κ1) is 13.4. The molecule has 6 heteroatoms. The Labute approximate surface area is 118 Å². The molecule has 0 unspecified atom stereocenters. The molecule has 0 bridgehead atoms. The zero-order valence-corrected chi connectivity index (χ0v) is 11.6. The van der Waals surface area contributed by atoms with Crippen LogP contribution in [0.1, 0.15) is 15.9 Å². The highest BCUT2D eigenvalue weighted by atomic mass is 79.9. The van der Waals surface area contributed by atoms with Crippen molar-refractivity contribution < 1.29 is 15.0 Å². The molecule has 0 radical (unpaired) electrons. The SMILES string of the molecule is Cc1cc(NC(=O)c2cc(O)cc(O)c2)cnc1Br. The Bertz CT molecular complexity index is 624. The summed E-state index contributed by atoms with van der Waals surface area (Å²) in [5, 5.41) is 21.3. The van der Waals surface area contributed by atoms with Gasteiger partial charge >= 0.3 is 0 Å². The van der Waals surface area contributed by atoms with Crippen LogP contribution in [0.4, 0.5) is 5.69 Å². The van der Waals surface area contributed by atoms with Gasteiger partial charge in [0.15, 0.2) is 0 Å². The van der Waals surface area contributed by atoms with E-state index in [4.69, 9.17) is 0 Å². The highest BCUT2D eigenvalue weighted by molar-refractivity contribution is 9.10. The van der Waals surface area contributed by atoms with Crippen molar-refractivity contribution in [1.29, 1.82) is 0 Å². The lowest BCUT2D eigenvalue weighted by molar-refractivity contribution is 0.102. The minimum absolute atomic E-state index is 0.165. The summed E-state index contributed by atoms with van der Waals surface area (Å²) in [7, 11) is 0. The molecular weight excluding hydrogens is 312 g/mol. The Morgan fingerprint density at radius 1 is 1.21 bits per heavy atom. The topological polar surface area (TPSA) is 82.5 Å². The van der Waals surface area contributed by atoms with Gasteiger partial charge in [-0.3, -0.25) is 4.79 Å². The van der Waals surface area contributed by atoms with Crippen LogP contribution in [-0.4, -0.2) is 21.1 Å². The molecule has 1 aromatic carbocycles. The monoisotopic (exact) mass is 322 g/mol. The predicted molar refractivity (Wildman–Crippen MR) is 74.4 cm³/mol. The fraction of sp³-hybridized carbons (Fsp3) is 0.0769. The van der Waals surface area contributed by atoms with Gasteiger partial charge in [-0.1, -0.05) is 0 Å². The predicted octanol–water partition coefficient (Wildman–Crippen LogP) is 2.82. The van der Waals surface area contributed by atoms with E-state index in [1.807, 2.05) is 6.92 Å². The van der Waals surface area contributed by atoms with Gasteiger partial charge < -0.3 is 15.5 Å². The number of aromatic nitrogens is 1. The van der Waals surface area contributed by atoms with Crippen LogP contribution in [0.3, 0.4) is 0 Å². The van der Waals surface area contributed by atoms with Crippen LogP contribution < -0.4 is 5.32 Å². The summed E-state index contributed by atoms with van der Waals surface area (Å²) in [6.07, 6.45) is 1.51. The number of hydrogen-bond donors (Lipinski definition) is 3. The van der Waals surface area contributed by atoms with E-state index in [0.717, 1.165) is 11.6 Å². The van der Waals surface area contributed by atoms with Crippen LogP contribution in [0.2, 0.25) is 0 Å². The van der Waals surface area contributed by atoms with E-state index >= 15 is 0 Å². The average Bonchev–Trinajstić information content (AvgIpc) is 2.32. The number of nitrogens with one attached hydrogen (secondary N) is 1. The highest BCUT2D eigenvalue weighted by Crippen LogP contribution is 2.22. The summed E-state index contributed by atoms with van der Waals surface area (Å²) in [4.78, 5) is 16.0. The Kier molecular flexibility index (Phi) is 3.71. The number of nitrogens with zero attached hydrogens (tertiary/aromatic N) is 1. The highest BCUT2D eigenvalue weighted by Gasteiger charge is 2.09. The van der Waals surface area contributed by atoms with Gasteiger partial charge in [-0.2, -0.15) is 0 Å². The van der Waals surface area contributed by atoms with Crippen molar-refractivity contribution >= 4 is 27.5 Å². The van der Waals surface area contributed by atoms with E-state index in [1.165, 1.54) is 18.3 Å². The number of aromatic hydroxyl groups is 2.